The third-order valence-electron chi connectivity index (χ3n) is 6.11. The second-order valence-electron chi connectivity index (χ2n) is 8.16. The molecule has 0 spiro atoms. The summed E-state index contributed by atoms with van der Waals surface area (Å²) in [5, 5.41) is 3.59. The van der Waals surface area contributed by atoms with Gasteiger partial charge in [-0.3, -0.25) is 9.13 Å². The van der Waals surface area contributed by atoms with E-state index >= 15 is 0 Å². The largest absolute Gasteiger partial charge is 0.365 e. The molecule has 1 saturated carbocycles. The summed E-state index contributed by atoms with van der Waals surface area (Å²) in [6, 6.07) is 10.6. The van der Waals surface area contributed by atoms with Gasteiger partial charge in [-0.15, -0.1) is 0 Å². The van der Waals surface area contributed by atoms with Crippen molar-refractivity contribution in [3.8, 4) is 11.5 Å². The van der Waals surface area contributed by atoms with Gasteiger partial charge in [-0.2, -0.15) is 0 Å². The van der Waals surface area contributed by atoms with Crippen molar-refractivity contribution in [3.05, 3.63) is 52.2 Å². The highest BCUT2D eigenvalue weighted by atomic mass is 16.1. The molecule has 28 heavy (non-hydrogen) atoms. The predicted octanol–water partition coefficient (Wildman–Crippen LogP) is 3.65. The minimum absolute atomic E-state index is 0.0327. The maximum Gasteiger partial charge on any atom is 0.331 e. The van der Waals surface area contributed by atoms with Gasteiger partial charge in [0.2, 0.25) is 0 Å². The van der Waals surface area contributed by atoms with Crippen LogP contribution in [0, 0.1) is 0 Å². The van der Waals surface area contributed by atoms with Gasteiger partial charge in [-0.1, -0.05) is 50.1 Å². The number of nitrogens with zero attached hydrogens (tertiary/aromatic N) is 4. The Labute approximate surface area is 165 Å². The van der Waals surface area contributed by atoms with Crippen molar-refractivity contribution in [2.45, 2.75) is 70.5 Å². The maximum atomic E-state index is 13.2. The lowest BCUT2D eigenvalue weighted by atomic mass is 10.1. The minimum Gasteiger partial charge on any atom is -0.365 e. The zero-order valence-corrected chi connectivity index (χ0v) is 16.4. The molecule has 1 aromatic rings. The standard InChI is InChI=1S/C22H27N5O/c1-2-12-26-21-18(24-19(25-21)16-10-6-7-11-16)20-23-17(14-27(20)22(26)28)13-15-8-4-3-5-9-15/h3-5,8-9,16-17,23H,2,6-7,10-14H2,1H3/t17-/m0/s1. The predicted molar refractivity (Wildman–Crippen MR) is 110 cm³/mol. The van der Waals surface area contributed by atoms with E-state index in [0.29, 0.717) is 19.0 Å². The molecular formula is C22H27N5O. The second kappa shape index (κ2) is 7.08. The van der Waals surface area contributed by atoms with Crippen LogP contribution in [0.15, 0.2) is 35.1 Å². The highest BCUT2D eigenvalue weighted by Crippen LogP contribution is 2.37. The Kier molecular flexibility index (Phi) is 4.41. The molecule has 1 N–H and O–H groups in total. The van der Waals surface area contributed by atoms with E-state index < -0.39 is 0 Å². The van der Waals surface area contributed by atoms with E-state index in [0.717, 1.165) is 48.8 Å². The van der Waals surface area contributed by atoms with Gasteiger partial charge in [-0.05, 0) is 31.2 Å². The van der Waals surface area contributed by atoms with E-state index in [9.17, 15) is 4.79 Å². The molecule has 1 atom stereocenters. The van der Waals surface area contributed by atoms with Gasteiger partial charge < -0.3 is 5.32 Å². The summed E-state index contributed by atoms with van der Waals surface area (Å²) >= 11 is 0. The van der Waals surface area contributed by atoms with Crippen molar-refractivity contribution >= 4 is 5.82 Å². The molecule has 6 nitrogen and oxygen atoms in total. The molecule has 0 amide bonds. The van der Waals surface area contributed by atoms with Gasteiger partial charge in [0.15, 0.2) is 5.82 Å². The van der Waals surface area contributed by atoms with Crippen LogP contribution in [-0.4, -0.2) is 25.1 Å². The fourth-order valence-electron chi connectivity index (χ4n) is 4.74. The van der Waals surface area contributed by atoms with Crippen LogP contribution < -0.4 is 11.0 Å². The lowest BCUT2D eigenvalue weighted by Crippen LogP contribution is -2.32. The number of hydrogen-bond acceptors (Lipinski definition) is 4. The average molecular weight is 377 g/mol. The number of imidazole rings is 1. The Morgan fingerprint density at radius 1 is 1.14 bits per heavy atom. The molecule has 146 valence electrons. The van der Waals surface area contributed by atoms with E-state index in [-0.39, 0.29) is 11.7 Å². The molecular weight excluding hydrogens is 350 g/mol. The smallest absolute Gasteiger partial charge is 0.331 e. The van der Waals surface area contributed by atoms with Crippen molar-refractivity contribution < 1.29 is 0 Å². The first kappa shape index (κ1) is 17.5. The molecule has 0 aromatic heterocycles. The molecule has 4 aliphatic rings. The van der Waals surface area contributed by atoms with Crippen LogP contribution in [0.25, 0.3) is 11.5 Å². The molecule has 0 saturated heterocycles. The van der Waals surface area contributed by atoms with Crippen LogP contribution in [0.4, 0.5) is 5.82 Å². The van der Waals surface area contributed by atoms with Gasteiger partial charge in [0, 0.05) is 25.0 Å². The van der Waals surface area contributed by atoms with Gasteiger partial charge in [0.25, 0.3) is 0 Å². The van der Waals surface area contributed by atoms with Crippen LogP contribution in [0.5, 0.6) is 0 Å². The number of nitrogens with one attached hydrogen (secondary N) is 1. The van der Waals surface area contributed by atoms with Gasteiger partial charge in [0.05, 0.1) is 0 Å². The van der Waals surface area contributed by atoms with Crippen molar-refractivity contribution in [3.63, 3.8) is 0 Å². The van der Waals surface area contributed by atoms with Gasteiger partial charge in [-0.25, -0.2) is 14.8 Å². The molecule has 1 aliphatic carbocycles. The topological polar surface area (TPSA) is 64.7 Å². The van der Waals surface area contributed by atoms with Gasteiger partial charge in [0.1, 0.15) is 17.3 Å². The normalized spacial score (nSPS) is 19.2. The van der Waals surface area contributed by atoms with Crippen molar-refractivity contribution in [2.24, 2.45) is 0 Å². The summed E-state index contributed by atoms with van der Waals surface area (Å²) in [5.74, 6) is 2.98. The summed E-state index contributed by atoms with van der Waals surface area (Å²) < 4.78 is 3.70. The Hall–Kier alpha value is -2.63. The van der Waals surface area contributed by atoms with E-state index in [1.54, 1.807) is 0 Å². The molecule has 3 aliphatic heterocycles. The van der Waals surface area contributed by atoms with E-state index in [2.05, 4.69) is 36.5 Å². The monoisotopic (exact) mass is 377 g/mol. The molecule has 1 aromatic carbocycles. The minimum atomic E-state index is 0.0327. The Balaban J connectivity index is 1.55. The van der Waals surface area contributed by atoms with Crippen LogP contribution in [0.2, 0.25) is 0 Å². The molecule has 5 rings (SSSR count). The third-order valence-corrected chi connectivity index (χ3v) is 6.11. The average Bonchev–Trinajstić information content (AvgIpc) is 3.44. The number of anilines is 1. The summed E-state index contributed by atoms with van der Waals surface area (Å²) in [4.78, 5) is 23.0. The van der Waals surface area contributed by atoms with E-state index in [4.69, 9.17) is 9.97 Å². The van der Waals surface area contributed by atoms with Crippen molar-refractivity contribution in [1.82, 2.24) is 19.1 Å². The number of hydrogen-bond donors (Lipinski definition) is 1. The Bertz CT molecular complexity index is 1000. The fraction of sp³-hybridized carbons (Fsp3) is 0.500. The number of fused-ring (bicyclic) bond motifs is 3. The highest BCUT2D eigenvalue weighted by Gasteiger charge is 2.33. The first-order chi connectivity index (χ1) is 13.7. The molecule has 0 radical (unpaired) electrons. The third kappa shape index (κ3) is 2.91. The summed E-state index contributed by atoms with van der Waals surface area (Å²) in [5.41, 5.74) is 2.18. The quantitative estimate of drug-likeness (QED) is 0.737. The first-order valence-corrected chi connectivity index (χ1v) is 10.6. The molecule has 3 heterocycles. The molecule has 1 fully saturated rings. The van der Waals surface area contributed by atoms with E-state index in [1.807, 2.05) is 15.2 Å². The summed E-state index contributed by atoms with van der Waals surface area (Å²) in [6.07, 6.45) is 6.62. The van der Waals surface area contributed by atoms with Crippen LogP contribution in [-0.2, 0) is 19.5 Å². The van der Waals surface area contributed by atoms with E-state index in [1.165, 1.54) is 18.4 Å². The fourth-order valence-corrected chi connectivity index (χ4v) is 4.74. The second-order valence-corrected chi connectivity index (χ2v) is 8.16. The summed E-state index contributed by atoms with van der Waals surface area (Å²) in [7, 11) is 0. The molecule has 0 unspecified atom stereocenters. The number of rotatable bonds is 5. The Morgan fingerprint density at radius 3 is 2.68 bits per heavy atom. The lowest BCUT2D eigenvalue weighted by molar-refractivity contribution is 0.560. The van der Waals surface area contributed by atoms with Crippen molar-refractivity contribution in [2.75, 3.05) is 5.32 Å². The Morgan fingerprint density at radius 2 is 1.93 bits per heavy atom. The molecule has 0 bridgehead atoms. The molecule has 6 heteroatoms. The SMILES string of the molecule is CCCn1c2nc(C3CCCC3)nc-2c2n(c1=O)C[C@H](Cc1ccccc1)N2. The van der Waals surface area contributed by atoms with Crippen molar-refractivity contribution in [1.29, 1.82) is 0 Å². The number of aromatic nitrogens is 4. The van der Waals surface area contributed by atoms with Crippen LogP contribution in [0.1, 0.15) is 56.3 Å². The van der Waals surface area contributed by atoms with Crippen LogP contribution in [0.3, 0.4) is 0 Å². The highest BCUT2D eigenvalue weighted by molar-refractivity contribution is 5.70. The zero-order valence-electron chi connectivity index (χ0n) is 16.4. The lowest BCUT2D eigenvalue weighted by Gasteiger charge is -2.13. The number of benzene rings is 1. The van der Waals surface area contributed by atoms with Crippen LogP contribution >= 0.6 is 0 Å². The van der Waals surface area contributed by atoms with Gasteiger partial charge >= 0.3 is 5.69 Å². The zero-order chi connectivity index (χ0) is 19.1. The maximum absolute atomic E-state index is 13.2. The summed E-state index contributed by atoms with van der Waals surface area (Å²) in [6.45, 7) is 3.46. The first-order valence-electron chi connectivity index (χ1n) is 10.6.